The molecule has 0 amide bonds. The third kappa shape index (κ3) is 3.17. The van der Waals surface area contributed by atoms with Gasteiger partial charge in [0.05, 0.1) is 6.10 Å². The van der Waals surface area contributed by atoms with E-state index in [1.165, 1.54) is 23.9 Å². The average molecular weight is 216 g/mol. The molecule has 1 unspecified atom stereocenters. The van der Waals surface area contributed by atoms with Crippen LogP contribution in [-0.4, -0.2) is 23.5 Å². The molecular formula is C9H13FN2OS. The van der Waals surface area contributed by atoms with Crippen LogP contribution in [0.25, 0.3) is 0 Å². The number of nitrogens with two attached hydrogens (primary N) is 2. The Kier molecular flexibility index (Phi) is 4.19. The van der Waals surface area contributed by atoms with Gasteiger partial charge in [-0.1, -0.05) is 0 Å². The lowest BCUT2D eigenvalue weighted by Gasteiger charge is -2.08. The van der Waals surface area contributed by atoms with Gasteiger partial charge in [-0.3, -0.25) is 0 Å². The summed E-state index contributed by atoms with van der Waals surface area (Å²) in [4.78, 5) is 0.763. The molecule has 0 saturated heterocycles. The van der Waals surface area contributed by atoms with Crippen molar-refractivity contribution in [3.8, 4) is 0 Å². The van der Waals surface area contributed by atoms with E-state index in [-0.39, 0.29) is 12.4 Å². The van der Waals surface area contributed by atoms with Crippen molar-refractivity contribution in [1.82, 2.24) is 0 Å². The van der Waals surface area contributed by atoms with Crippen molar-refractivity contribution in [3.05, 3.63) is 24.0 Å². The summed E-state index contributed by atoms with van der Waals surface area (Å²) >= 11 is 1.37. The topological polar surface area (TPSA) is 72.3 Å². The van der Waals surface area contributed by atoms with Gasteiger partial charge in [0, 0.05) is 22.9 Å². The van der Waals surface area contributed by atoms with Gasteiger partial charge in [-0.05, 0) is 18.2 Å². The predicted octanol–water partition coefficient (Wildman–Crippen LogP) is 0.820. The third-order valence-corrected chi connectivity index (χ3v) is 2.91. The van der Waals surface area contributed by atoms with Crippen molar-refractivity contribution >= 4 is 17.4 Å². The first-order valence-corrected chi connectivity index (χ1v) is 5.18. The van der Waals surface area contributed by atoms with Gasteiger partial charge in [0.15, 0.2) is 0 Å². The number of aliphatic hydroxyl groups is 1. The van der Waals surface area contributed by atoms with Crippen LogP contribution < -0.4 is 11.5 Å². The molecule has 0 radical (unpaired) electrons. The molecule has 0 aromatic heterocycles. The molecule has 1 aromatic carbocycles. The molecule has 0 aliphatic rings. The molecule has 1 aromatic rings. The zero-order valence-electron chi connectivity index (χ0n) is 7.61. The second-order valence-electron chi connectivity index (χ2n) is 2.88. The molecule has 78 valence electrons. The molecule has 14 heavy (non-hydrogen) atoms. The van der Waals surface area contributed by atoms with Crippen molar-refractivity contribution in [2.45, 2.75) is 11.0 Å². The number of halogens is 1. The van der Waals surface area contributed by atoms with E-state index in [1.54, 1.807) is 6.07 Å². The van der Waals surface area contributed by atoms with Gasteiger partial charge < -0.3 is 16.6 Å². The maximum absolute atomic E-state index is 12.7. The minimum Gasteiger partial charge on any atom is -0.398 e. The molecule has 3 nitrogen and oxygen atoms in total. The Morgan fingerprint density at radius 1 is 1.50 bits per heavy atom. The van der Waals surface area contributed by atoms with Gasteiger partial charge in [0.2, 0.25) is 0 Å². The summed E-state index contributed by atoms with van der Waals surface area (Å²) in [7, 11) is 0. The van der Waals surface area contributed by atoms with E-state index < -0.39 is 6.10 Å². The first kappa shape index (κ1) is 11.3. The highest BCUT2D eigenvalue weighted by molar-refractivity contribution is 7.99. The fourth-order valence-corrected chi connectivity index (χ4v) is 1.80. The zero-order valence-corrected chi connectivity index (χ0v) is 8.43. The number of benzene rings is 1. The lowest BCUT2D eigenvalue weighted by molar-refractivity contribution is 0.208. The van der Waals surface area contributed by atoms with Gasteiger partial charge in [-0.25, -0.2) is 4.39 Å². The number of thioether (sulfide) groups is 1. The van der Waals surface area contributed by atoms with Gasteiger partial charge in [0.1, 0.15) is 5.82 Å². The Balaban J connectivity index is 2.59. The minimum absolute atomic E-state index is 0.216. The van der Waals surface area contributed by atoms with Crippen LogP contribution >= 0.6 is 11.8 Å². The van der Waals surface area contributed by atoms with Gasteiger partial charge >= 0.3 is 0 Å². The normalized spacial score (nSPS) is 12.8. The Bertz CT molecular complexity index is 309. The summed E-state index contributed by atoms with van der Waals surface area (Å²) in [5.41, 5.74) is 11.2. The van der Waals surface area contributed by atoms with E-state index in [1.807, 2.05) is 0 Å². The lowest BCUT2D eigenvalue weighted by Crippen LogP contribution is -2.21. The Labute approximate surface area is 86.3 Å². The second-order valence-corrected chi connectivity index (χ2v) is 3.94. The van der Waals surface area contributed by atoms with Crippen LogP contribution in [0.5, 0.6) is 0 Å². The van der Waals surface area contributed by atoms with Gasteiger partial charge in [-0.2, -0.15) is 0 Å². The monoisotopic (exact) mass is 216 g/mol. The molecule has 1 rings (SSSR count). The first-order chi connectivity index (χ1) is 6.63. The van der Waals surface area contributed by atoms with Crippen LogP contribution in [0.4, 0.5) is 10.1 Å². The number of hydrogen-bond donors (Lipinski definition) is 3. The average Bonchev–Trinajstić information content (AvgIpc) is 2.16. The largest absolute Gasteiger partial charge is 0.398 e. The molecule has 5 N–H and O–H groups in total. The highest BCUT2D eigenvalue weighted by Gasteiger charge is 2.05. The summed E-state index contributed by atoms with van der Waals surface area (Å²) in [6.45, 7) is 0.216. The fraction of sp³-hybridized carbons (Fsp3) is 0.333. The number of rotatable bonds is 4. The van der Waals surface area contributed by atoms with Crippen LogP contribution in [0.1, 0.15) is 0 Å². The molecule has 0 saturated carbocycles. The smallest absolute Gasteiger partial charge is 0.125 e. The quantitative estimate of drug-likeness (QED) is 0.514. The molecule has 0 aliphatic carbocycles. The number of aliphatic hydroxyl groups excluding tert-OH is 1. The maximum Gasteiger partial charge on any atom is 0.125 e. The fourth-order valence-electron chi connectivity index (χ4n) is 0.905. The Hall–Kier alpha value is -0.780. The Morgan fingerprint density at radius 3 is 2.79 bits per heavy atom. The number of anilines is 1. The molecule has 0 heterocycles. The van der Waals surface area contributed by atoms with Crippen LogP contribution in [0.15, 0.2) is 23.1 Å². The lowest BCUT2D eigenvalue weighted by atomic mass is 10.3. The van der Waals surface area contributed by atoms with E-state index >= 15 is 0 Å². The van der Waals surface area contributed by atoms with Gasteiger partial charge in [0.25, 0.3) is 0 Å². The standard InChI is InChI=1S/C9H13FN2OS/c10-6-1-2-9(8(12)3-6)14-5-7(13)4-11/h1-3,7,13H,4-5,11-12H2. The molecule has 0 fully saturated rings. The van der Waals surface area contributed by atoms with E-state index in [2.05, 4.69) is 0 Å². The summed E-state index contributed by atoms with van der Waals surface area (Å²) < 4.78 is 12.7. The van der Waals surface area contributed by atoms with Crippen LogP contribution in [0, 0.1) is 5.82 Å². The first-order valence-electron chi connectivity index (χ1n) is 4.19. The summed E-state index contributed by atoms with van der Waals surface area (Å²) in [5.74, 6) is 0.109. The predicted molar refractivity (Wildman–Crippen MR) is 56.6 cm³/mol. The molecule has 0 spiro atoms. The van der Waals surface area contributed by atoms with Crippen molar-refractivity contribution in [2.24, 2.45) is 5.73 Å². The third-order valence-electron chi connectivity index (χ3n) is 1.68. The highest BCUT2D eigenvalue weighted by atomic mass is 32.2. The van der Waals surface area contributed by atoms with Crippen molar-refractivity contribution < 1.29 is 9.50 Å². The molecule has 5 heteroatoms. The number of nitrogen functional groups attached to an aromatic ring is 1. The molecule has 0 bridgehead atoms. The van der Waals surface area contributed by atoms with E-state index in [0.29, 0.717) is 11.4 Å². The van der Waals surface area contributed by atoms with Crippen LogP contribution in [0.2, 0.25) is 0 Å². The van der Waals surface area contributed by atoms with E-state index in [4.69, 9.17) is 11.5 Å². The Morgan fingerprint density at radius 2 is 2.21 bits per heavy atom. The van der Waals surface area contributed by atoms with Crippen LogP contribution in [-0.2, 0) is 0 Å². The van der Waals surface area contributed by atoms with Gasteiger partial charge in [-0.15, -0.1) is 11.8 Å². The summed E-state index contributed by atoms with van der Waals surface area (Å²) in [6, 6.07) is 4.20. The second kappa shape index (κ2) is 5.19. The molecular weight excluding hydrogens is 203 g/mol. The van der Waals surface area contributed by atoms with Crippen molar-refractivity contribution in [3.63, 3.8) is 0 Å². The van der Waals surface area contributed by atoms with Crippen molar-refractivity contribution in [2.75, 3.05) is 18.0 Å². The number of hydrogen-bond acceptors (Lipinski definition) is 4. The SMILES string of the molecule is NCC(O)CSc1ccc(F)cc1N. The summed E-state index contributed by atoms with van der Waals surface area (Å²) in [5, 5.41) is 9.20. The van der Waals surface area contributed by atoms with E-state index in [0.717, 1.165) is 4.90 Å². The van der Waals surface area contributed by atoms with Crippen molar-refractivity contribution in [1.29, 1.82) is 0 Å². The summed E-state index contributed by atoms with van der Waals surface area (Å²) in [6.07, 6.45) is -0.551. The molecule has 0 aliphatic heterocycles. The highest BCUT2D eigenvalue weighted by Crippen LogP contribution is 2.25. The minimum atomic E-state index is -0.551. The molecule has 1 atom stereocenters. The van der Waals surface area contributed by atoms with E-state index in [9.17, 15) is 9.50 Å². The van der Waals surface area contributed by atoms with Crippen LogP contribution in [0.3, 0.4) is 0 Å². The maximum atomic E-state index is 12.7. The zero-order chi connectivity index (χ0) is 10.6.